The molecule has 8 nitrogen and oxygen atoms in total. The Morgan fingerprint density at radius 3 is 2.64 bits per heavy atom. The molecule has 2 N–H and O–H groups in total. The Bertz CT molecular complexity index is 1020. The highest BCUT2D eigenvalue weighted by molar-refractivity contribution is 14.0. The van der Waals surface area contributed by atoms with Crippen molar-refractivity contribution in [1.82, 2.24) is 20.8 Å². The molecule has 33 heavy (non-hydrogen) atoms. The molecule has 0 saturated heterocycles. The van der Waals surface area contributed by atoms with Crippen molar-refractivity contribution < 1.29 is 14.0 Å². The third-order valence-corrected chi connectivity index (χ3v) is 4.75. The Kier molecular flexibility index (Phi) is 10.9. The van der Waals surface area contributed by atoms with E-state index < -0.39 is 0 Å². The van der Waals surface area contributed by atoms with Gasteiger partial charge in [-0.25, -0.2) is 0 Å². The van der Waals surface area contributed by atoms with Gasteiger partial charge >= 0.3 is 0 Å². The molecule has 2 aromatic carbocycles. The number of hydrogen-bond donors (Lipinski definition) is 2. The number of rotatable bonds is 10. The monoisotopic (exact) mass is 565 g/mol. The van der Waals surface area contributed by atoms with Gasteiger partial charge in [0.1, 0.15) is 6.10 Å². The lowest BCUT2D eigenvalue weighted by atomic mass is 10.1. The van der Waals surface area contributed by atoms with Gasteiger partial charge in [-0.1, -0.05) is 36.3 Å². The first-order valence-electron chi connectivity index (χ1n) is 10.8. The van der Waals surface area contributed by atoms with Gasteiger partial charge in [0, 0.05) is 25.6 Å². The molecule has 1 heterocycles. The van der Waals surface area contributed by atoms with E-state index in [0.29, 0.717) is 36.4 Å². The number of nitrogens with zero attached hydrogens (tertiary/aromatic N) is 3. The van der Waals surface area contributed by atoms with Crippen molar-refractivity contribution in [2.45, 2.75) is 39.3 Å². The topological polar surface area (TPSA) is 93.8 Å². The second-order valence-electron chi connectivity index (χ2n) is 7.35. The zero-order valence-corrected chi connectivity index (χ0v) is 21.8. The van der Waals surface area contributed by atoms with Gasteiger partial charge < -0.3 is 24.6 Å². The maximum absolute atomic E-state index is 5.98. The van der Waals surface area contributed by atoms with E-state index in [1.165, 1.54) is 0 Å². The van der Waals surface area contributed by atoms with Crippen LogP contribution in [0.25, 0.3) is 11.5 Å². The predicted octanol–water partition coefficient (Wildman–Crippen LogP) is 4.45. The number of para-hydroxylation sites is 2. The summed E-state index contributed by atoms with van der Waals surface area (Å²) in [4.78, 5) is 8.75. The molecule has 0 saturated carbocycles. The van der Waals surface area contributed by atoms with Gasteiger partial charge in [0.25, 0.3) is 5.89 Å². The van der Waals surface area contributed by atoms with Crippen LogP contribution >= 0.6 is 24.0 Å². The maximum atomic E-state index is 5.98. The van der Waals surface area contributed by atoms with Crippen molar-refractivity contribution in [1.29, 1.82) is 0 Å². The summed E-state index contributed by atoms with van der Waals surface area (Å²) in [5, 5.41) is 10.6. The van der Waals surface area contributed by atoms with Crippen molar-refractivity contribution in [3.8, 4) is 23.0 Å². The third-order valence-electron chi connectivity index (χ3n) is 4.75. The highest BCUT2D eigenvalue weighted by atomic mass is 127. The van der Waals surface area contributed by atoms with Crippen LogP contribution in [-0.2, 0) is 13.0 Å². The van der Waals surface area contributed by atoms with Crippen LogP contribution < -0.4 is 20.1 Å². The Balaban J connectivity index is 0.00000385. The van der Waals surface area contributed by atoms with Gasteiger partial charge in [0.15, 0.2) is 23.3 Å². The van der Waals surface area contributed by atoms with Crippen molar-refractivity contribution in [3.05, 3.63) is 59.9 Å². The molecule has 0 bridgehead atoms. The number of aromatic nitrogens is 2. The number of nitrogens with one attached hydrogen (secondary N) is 2. The van der Waals surface area contributed by atoms with E-state index in [-0.39, 0.29) is 30.1 Å². The Morgan fingerprint density at radius 2 is 1.91 bits per heavy atom. The molecule has 9 heteroatoms. The first-order valence-corrected chi connectivity index (χ1v) is 10.8. The van der Waals surface area contributed by atoms with Gasteiger partial charge in [-0.3, -0.25) is 4.99 Å². The molecule has 1 aromatic heterocycles. The van der Waals surface area contributed by atoms with Gasteiger partial charge in [-0.15, -0.1) is 24.0 Å². The van der Waals surface area contributed by atoms with Crippen LogP contribution in [-0.4, -0.2) is 42.9 Å². The number of aliphatic imine (C=N–C) groups is 1. The Labute approximate surface area is 212 Å². The van der Waals surface area contributed by atoms with E-state index in [1.807, 2.05) is 55.5 Å². The summed E-state index contributed by atoms with van der Waals surface area (Å²) in [6.07, 6.45) is 1.71. The zero-order chi connectivity index (χ0) is 22.8. The standard InChI is InChI=1S/C24H31N5O3.HI/c1-5-9-22-28-23(32-29-22)19-11-8-10-18(14-19)16-27-24(25-3)26-15-17(2)31-21-13-7-6-12-20(21)30-4;/h6-8,10-14,17H,5,9,15-16H2,1-4H3,(H2,25,26,27);1H. The fourth-order valence-corrected chi connectivity index (χ4v) is 3.13. The average molecular weight is 565 g/mol. The fourth-order valence-electron chi connectivity index (χ4n) is 3.13. The highest BCUT2D eigenvalue weighted by Crippen LogP contribution is 2.26. The first-order chi connectivity index (χ1) is 15.6. The van der Waals surface area contributed by atoms with Crippen molar-refractivity contribution in [2.75, 3.05) is 20.7 Å². The van der Waals surface area contributed by atoms with Gasteiger partial charge in [-0.2, -0.15) is 4.98 Å². The molecule has 1 atom stereocenters. The van der Waals surface area contributed by atoms with Gasteiger partial charge in [-0.05, 0) is 43.2 Å². The second kappa shape index (κ2) is 13.7. The van der Waals surface area contributed by atoms with Crippen LogP contribution in [0.3, 0.4) is 0 Å². The Hall–Kier alpha value is -2.82. The maximum Gasteiger partial charge on any atom is 0.257 e. The summed E-state index contributed by atoms with van der Waals surface area (Å²) < 4.78 is 16.7. The molecule has 0 spiro atoms. The minimum Gasteiger partial charge on any atom is -0.493 e. The van der Waals surface area contributed by atoms with E-state index in [9.17, 15) is 0 Å². The highest BCUT2D eigenvalue weighted by Gasteiger charge is 2.11. The lowest BCUT2D eigenvalue weighted by Crippen LogP contribution is -2.41. The molecule has 0 fully saturated rings. The minimum absolute atomic E-state index is 0. The molecule has 0 amide bonds. The number of halogens is 1. The van der Waals surface area contributed by atoms with Crippen molar-refractivity contribution in [2.24, 2.45) is 4.99 Å². The number of ether oxygens (including phenoxy) is 2. The zero-order valence-electron chi connectivity index (χ0n) is 19.5. The molecule has 0 aliphatic carbocycles. The summed E-state index contributed by atoms with van der Waals surface area (Å²) in [6.45, 7) is 5.27. The lowest BCUT2D eigenvalue weighted by molar-refractivity contribution is 0.213. The fraction of sp³-hybridized carbons (Fsp3) is 0.375. The largest absolute Gasteiger partial charge is 0.493 e. The van der Waals surface area contributed by atoms with E-state index in [0.717, 1.165) is 29.8 Å². The molecule has 1 unspecified atom stereocenters. The van der Waals surface area contributed by atoms with E-state index in [2.05, 4.69) is 32.7 Å². The number of benzene rings is 2. The Morgan fingerprint density at radius 1 is 1.12 bits per heavy atom. The quantitative estimate of drug-likeness (QED) is 0.213. The lowest BCUT2D eigenvalue weighted by Gasteiger charge is -2.19. The van der Waals surface area contributed by atoms with E-state index in [4.69, 9.17) is 14.0 Å². The number of hydrogen-bond acceptors (Lipinski definition) is 6. The average Bonchev–Trinajstić information content (AvgIpc) is 3.29. The number of guanidine groups is 1. The van der Waals surface area contributed by atoms with Crippen LogP contribution in [0.15, 0.2) is 58.0 Å². The van der Waals surface area contributed by atoms with Crippen molar-refractivity contribution in [3.63, 3.8) is 0 Å². The minimum atomic E-state index is -0.0805. The first kappa shape index (κ1) is 26.4. The summed E-state index contributed by atoms with van der Waals surface area (Å²) >= 11 is 0. The molecule has 0 aliphatic rings. The molecular weight excluding hydrogens is 533 g/mol. The van der Waals surface area contributed by atoms with Crippen LogP contribution in [0.4, 0.5) is 0 Å². The summed E-state index contributed by atoms with van der Waals surface area (Å²) in [5.41, 5.74) is 1.99. The van der Waals surface area contributed by atoms with Crippen LogP contribution in [0, 0.1) is 0 Å². The summed E-state index contributed by atoms with van der Waals surface area (Å²) in [6, 6.07) is 15.6. The van der Waals surface area contributed by atoms with E-state index in [1.54, 1.807) is 14.2 Å². The van der Waals surface area contributed by atoms with Gasteiger partial charge in [0.05, 0.1) is 13.7 Å². The second-order valence-corrected chi connectivity index (χ2v) is 7.35. The van der Waals surface area contributed by atoms with E-state index >= 15 is 0 Å². The number of methoxy groups -OCH3 is 1. The normalized spacial score (nSPS) is 11.9. The molecule has 3 rings (SSSR count). The van der Waals surface area contributed by atoms with Crippen molar-refractivity contribution >= 4 is 29.9 Å². The van der Waals surface area contributed by atoms with Gasteiger partial charge in [0.2, 0.25) is 0 Å². The van der Waals surface area contributed by atoms with Crippen LogP contribution in [0.2, 0.25) is 0 Å². The molecule has 0 radical (unpaired) electrons. The SMILES string of the molecule is CCCc1noc(-c2cccc(CNC(=NC)NCC(C)Oc3ccccc3OC)c2)n1.I. The third kappa shape index (κ3) is 7.92. The summed E-state index contributed by atoms with van der Waals surface area (Å²) in [5.74, 6) is 3.39. The predicted molar refractivity (Wildman–Crippen MR) is 140 cm³/mol. The molecular formula is C24H32IN5O3. The molecule has 178 valence electrons. The molecule has 3 aromatic rings. The number of aryl methyl sites for hydroxylation is 1. The molecule has 0 aliphatic heterocycles. The van der Waals surface area contributed by atoms with Crippen LogP contribution in [0.1, 0.15) is 31.7 Å². The summed E-state index contributed by atoms with van der Waals surface area (Å²) in [7, 11) is 3.37. The van der Waals surface area contributed by atoms with Crippen LogP contribution in [0.5, 0.6) is 11.5 Å². The smallest absolute Gasteiger partial charge is 0.257 e.